The normalized spacial score (nSPS) is 11.6. The zero-order chi connectivity index (χ0) is 17.1. The van der Waals surface area contributed by atoms with Crippen molar-refractivity contribution >= 4 is 39.8 Å². The summed E-state index contributed by atoms with van der Waals surface area (Å²) in [5.74, 6) is -0.318. The van der Waals surface area contributed by atoms with Gasteiger partial charge in [-0.3, -0.25) is 9.20 Å². The minimum atomic E-state index is -0.318. The maximum absolute atomic E-state index is 12.6. The van der Waals surface area contributed by atoms with Crippen molar-refractivity contribution in [3.63, 3.8) is 0 Å². The number of nitriles is 1. The van der Waals surface area contributed by atoms with Crippen LogP contribution in [0.25, 0.3) is 11.0 Å². The van der Waals surface area contributed by atoms with E-state index in [1.165, 1.54) is 23.0 Å². The molecule has 3 aromatic rings. The van der Waals surface area contributed by atoms with Crippen LogP contribution < -0.4 is 0 Å². The second-order valence-corrected chi connectivity index (χ2v) is 6.52. The minimum absolute atomic E-state index is 0.0353. The van der Waals surface area contributed by atoms with Gasteiger partial charge in [0.2, 0.25) is 5.78 Å². The fraction of sp³-hybridized carbons (Fsp3) is 0.167. The number of Topliss-reactive ketones (excluding diaryl/α,β-unsaturated/α-hetero) is 1. The molecule has 0 atom stereocenters. The highest BCUT2D eigenvalue weighted by Gasteiger charge is 2.16. The van der Waals surface area contributed by atoms with Gasteiger partial charge in [-0.1, -0.05) is 49.2 Å². The van der Waals surface area contributed by atoms with Crippen LogP contribution in [-0.4, -0.2) is 15.2 Å². The van der Waals surface area contributed by atoms with E-state index < -0.39 is 0 Å². The first kappa shape index (κ1) is 16.4. The Morgan fingerprint density at radius 1 is 1.42 bits per heavy atom. The molecule has 4 nitrogen and oxygen atoms in total. The van der Waals surface area contributed by atoms with E-state index in [4.69, 9.17) is 11.6 Å². The molecule has 6 heteroatoms. The predicted molar refractivity (Wildman–Crippen MR) is 96.4 cm³/mol. The second-order valence-electron chi connectivity index (χ2n) is 5.29. The number of fused-ring (bicyclic) bond motifs is 1. The number of hydrogen-bond donors (Lipinski definition) is 0. The maximum atomic E-state index is 12.6. The van der Waals surface area contributed by atoms with Crippen molar-refractivity contribution in [1.29, 1.82) is 5.26 Å². The first-order chi connectivity index (χ1) is 11.6. The molecule has 0 aliphatic carbocycles. The summed E-state index contributed by atoms with van der Waals surface area (Å²) in [6.45, 7) is 2.11. The Kier molecular flexibility index (Phi) is 4.79. The van der Waals surface area contributed by atoms with Crippen molar-refractivity contribution in [2.45, 2.75) is 19.8 Å². The number of thiazole rings is 1. The van der Waals surface area contributed by atoms with Crippen molar-refractivity contribution in [3.05, 3.63) is 63.4 Å². The van der Waals surface area contributed by atoms with E-state index in [-0.39, 0.29) is 16.5 Å². The van der Waals surface area contributed by atoms with Crippen LogP contribution in [0.2, 0.25) is 5.15 Å². The second kappa shape index (κ2) is 7.00. The average molecular weight is 356 g/mol. The zero-order valence-electron chi connectivity index (χ0n) is 13.0. The summed E-state index contributed by atoms with van der Waals surface area (Å²) in [4.78, 5) is 17.5. The molecule has 2 heterocycles. The van der Waals surface area contributed by atoms with E-state index in [9.17, 15) is 10.1 Å². The largest absolute Gasteiger partial charge is 0.289 e. The van der Waals surface area contributed by atoms with Gasteiger partial charge in [0.15, 0.2) is 10.1 Å². The molecule has 0 spiro atoms. The molecular weight excluding hydrogens is 342 g/mol. The molecule has 0 saturated heterocycles. The highest BCUT2D eigenvalue weighted by molar-refractivity contribution is 7.15. The van der Waals surface area contributed by atoms with Gasteiger partial charge in [0.1, 0.15) is 11.6 Å². The molecule has 2 aromatic heterocycles. The summed E-state index contributed by atoms with van der Waals surface area (Å²) < 4.78 is 1.77. The molecular formula is C18H14ClN3OS. The van der Waals surface area contributed by atoms with Gasteiger partial charge in [-0.05, 0) is 18.1 Å². The average Bonchev–Trinajstić information content (AvgIpc) is 3.14. The number of carbonyl (C=O) groups is 1. The molecule has 0 N–H and O–H groups in total. The smallest absolute Gasteiger partial charge is 0.203 e. The van der Waals surface area contributed by atoms with E-state index in [1.807, 2.05) is 29.8 Å². The van der Waals surface area contributed by atoms with Gasteiger partial charge in [-0.25, -0.2) is 4.98 Å². The molecule has 24 heavy (non-hydrogen) atoms. The van der Waals surface area contributed by atoms with Gasteiger partial charge in [0, 0.05) is 17.1 Å². The van der Waals surface area contributed by atoms with E-state index in [1.54, 1.807) is 16.5 Å². The molecule has 0 aliphatic rings. The number of aryl methyl sites for hydroxylation is 1. The van der Waals surface area contributed by atoms with Crippen LogP contribution in [0, 0.1) is 11.3 Å². The lowest BCUT2D eigenvalue weighted by Crippen LogP contribution is -2.02. The van der Waals surface area contributed by atoms with Crippen molar-refractivity contribution in [3.8, 4) is 6.07 Å². The number of aromatic nitrogens is 2. The van der Waals surface area contributed by atoms with Crippen molar-refractivity contribution in [1.82, 2.24) is 9.38 Å². The number of benzene rings is 1. The quantitative estimate of drug-likeness (QED) is 0.375. The Labute approximate surface area is 148 Å². The fourth-order valence-corrected chi connectivity index (χ4v) is 3.46. The molecule has 0 bridgehead atoms. The molecule has 0 radical (unpaired) electrons. The highest BCUT2D eigenvalue weighted by atomic mass is 35.5. The Morgan fingerprint density at radius 2 is 2.17 bits per heavy atom. The Bertz CT molecular complexity index is 960. The van der Waals surface area contributed by atoms with Crippen molar-refractivity contribution in [2.75, 3.05) is 0 Å². The highest BCUT2D eigenvalue weighted by Crippen LogP contribution is 2.24. The number of allylic oxidation sites excluding steroid dienone is 1. The summed E-state index contributed by atoms with van der Waals surface area (Å²) in [5, 5.41) is 11.5. The van der Waals surface area contributed by atoms with Gasteiger partial charge < -0.3 is 0 Å². The van der Waals surface area contributed by atoms with Crippen LogP contribution >= 0.6 is 22.9 Å². The first-order valence-electron chi connectivity index (χ1n) is 7.50. The van der Waals surface area contributed by atoms with Crippen LogP contribution in [0.4, 0.5) is 0 Å². The number of rotatable bonds is 5. The molecule has 0 aliphatic heterocycles. The molecule has 120 valence electrons. The summed E-state index contributed by atoms with van der Waals surface area (Å²) in [6, 6.07) is 9.35. The maximum Gasteiger partial charge on any atom is 0.203 e. The number of ketones is 1. The monoisotopic (exact) mass is 355 g/mol. The number of imidazole rings is 1. The molecule has 0 fully saturated rings. The van der Waals surface area contributed by atoms with Crippen LogP contribution in [0.5, 0.6) is 0 Å². The van der Waals surface area contributed by atoms with Crippen molar-refractivity contribution < 1.29 is 4.79 Å². The van der Waals surface area contributed by atoms with Gasteiger partial charge in [0.05, 0.1) is 5.69 Å². The van der Waals surface area contributed by atoms with Gasteiger partial charge in [-0.15, -0.1) is 11.3 Å². The molecule has 0 unspecified atom stereocenters. The molecule has 0 amide bonds. The van der Waals surface area contributed by atoms with E-state index in [0.717, 1.165) is 17.8 Å². The van der Waals surface area contributed by atoms with Crippen LogP contribution in [0.3, 0.4) is 0 Å². The number of nitrogens with zero attached hydrogens (tertiary/aromatic N) is 3. The fourth-order valence-electron chi connectivity index (χ4n) is 2.46. The summed E-state index contributed by atoms with van der Waals surface area (Å²) in [6.07, 6.45) is 5.32. The van der Waals surface area contributed by atoms with Crippen LogP contribution in [0.15, 0.2) is 41.4 Å². The first-order valence-corrected chi connectivity index (χ1v) is 8.76. The summed E-state index contributed by atoms with van der Waals surface area (Å²) in [5.41, 5.74) is 2.24. The van der Waals surface area contributed by atoms with E-state index >= 15 is 0 Å². The van der Waals surface area contributed by atoms with Crippen LogP contribution in [-0.2, 0) is 6.42 Å². The van der Waals surface area contributed by atoms with Crippen molar-refractivity contribution in [2.24, 2.45) is 0 Å². The standard InChI is InChI=1S/C18H14ClN3OS/c1-2-3-12-4-6-13(7-5-12)16(23)14(11-20)10-15-17(19)21-18-22(15)8-9-24-18/h4-10H,2-3H2,1H3/b14-10+. The number of halogens is 1. The molecule has 3 rings (SSSR count). The molecule has 1 aromatic carbocycles. The number of hydrogen-bond acceptors (Lipinski definition) is 4. The van der Waals surface area contributed by atoms with Crippen LogP contribution in [0.1, 0.15) is 35.0 Å². The summed E-state index contributed by atoms with van der Waals surface area (Å²) in [7, 11) is 0. The third kappa shape index (κ3) is 3.12. The van der Waals surface area contributed by atoms with E-state index in [2.05, 4.69) is 11.9 Å². The zero-order valence-corrected chi connectivity index (χ0v) is 14.6. The predicted octanol–water partition coefficient (Wildman–Crippen LogP) is 4.79. The van der Waals surface area contributed by atoms with Gasteiger partial charge >= 0.3 is 0 Å². The summed E-state index contributed by atoms with van der Waals surface area (Å²) >= 11 is 7.56. The lowest BCUT2D eigenvalue weighted by atomic mass is 10.0. The Morgan fingerprint density at radius 3 is 2.83 bits per heavy atom. The van der Waals surface area contributed by atoms with E-state index in [0.29, 0.717) is 11.3 Å². The SMILES string of the molecule is CCCc1ccc(C(=O)/C(C#N)=C/c2c(Cl)nc3sccn23)cc1. The lowest BCUT2D eigenvalue weighted by molar-refractivity contribution is 0.104. The Balaban J connectivity index is 1.96. The third-order valence-corrected chi connectivity index (χ3v) is 4.69. The van der Waals surface area contributed by atoms with Gasteiger partial charge in [0.25, 0.3) is 0 Å². The third-order valence-electron chi connectivity index (χ3n) is 3.66. The van der Waals surface area contributed by atoms with Gasteiger partial charge in [-0.2, -0.15) is 5.26 Å². The number of carbonyl (C=O) groups excluding carboxylic acids is 1. The lowest BCUT2D eigenvalue weighted by Gasteiger charge is -2.02. The molecule has 0 saturated carbocycles. The Hall–Kier alpha value is -2.42. The topological polar surface area (TPSA) is 58.2 Å². The minimum Gasteiger partial charge on any atom is -0.289 e.